The van der Waals surface area contributed by atoms with E-state index in [9.17, 15) is 4.79 Å². The fraction of sp³-hybridized carbons (Fsp3) is 0.500. The van der Waals surface area contributed by atoms with Crippen LogP contribution in [0.5, 0.6) is 0 Å². The summed E-state index contributed by atoms with van der Waals surface area (Å²) in [6.45, 7) is 4.85. The Morgan fingerprint density at radius 1 is 1.24 bits per heavy atom. The number of anilines is 1. The lowest BCUT2D eigenvalue weighted by atomic mass is 10.1. The van der Waals surface area contributed by atoms with Gasteiger partial charge in [-0.05, 0) is 37.5 Å². The molecule has 0 aliphatic rings. The van der Waals surface area contributed by atoms with Crippen molar-refractivity contribution in [3.05, 3.63) is 29.8 Å². The normalized spacial score (nSPS) is 10.1. The van der Waals surface area contributed by atoms with Crippen molar-refractivity contribution in [3.63, 3.8) is 0 Å². The molecule has 0 bridgehead atoms. The molecule has 94 valence electrons. The Morgan fingerprint density at radius 3 is 2.41 bits per heavy atom. The molecule has 0 aliphatic heterocycles. The van der Waals surface area contributed by atoms with Gasteiger partial charge in [0.1, 0.15) is 0 Å². The van der Waals surface area contributed by atoms with Crippen LogP contribution in [0.1, 0.15) is 32.3 Å². The molecule has 0 heterocycles. The molecule has 1 aromatic rings. The third-order valence-corrected chi connectivity index (χ3v) is 2.85. The molecule has 1 aromatic carbocycles. The van der Waals surface area contributed by atoms with Crippen molar-refractivity contribution in [1.29, 1.82) is 0 Å². The number of hydrogen-bond donors (Lipinski definition) is 1. The molecule has 3 heteroatoms. The number of benzene rings is 1. The second-order valence-corrected chi connectivity index (χ2v) is 4.24. The van der Waals surface area contributed by atoms with Crippen molar-refractivity contribution in [2.45, 2.75) is 33.1 Å². The van der Waals surface area contributed by atoms with Crippen LogP contribution in [0.4, 0.5) is 10.5 Å². The Hall–Kier alpha value is -1.51. The molecular formula is C14H22N2O. The predicted molar refractivity (Wildman–Crippen MR) is 72.4 cm³/mol. The van der Waals surface area contributed by atoms with Crippen LogP contribution in [0.15, 0.2) is 24.3 Å². The highest BCUT2D eigenvalue weighted by Crippen LogP contribution is 2.12. The minimum Gasteiger partial charge on any atom is -0.328 e. The van der Waals surface area contributed by atoms with Gasteiger partial charge in [-0.3, -0.25) is 0 Å². The predicted octanol–water partition coefficient (Wildman–Crippen LogP) is 3.51. The third-order valence-electron chi connectivity index (χ3n) is 2.85. The average molecular weight is 234 g/mol. The summed E-state index contributed by atoms with van der Waals surface area (Å²) in [7, 11) is 1.78. The van der Waals surface area contributed by atoms with Crippen molar-refractivity contribution in [2.24, 2.45) is 0 Å². The number of nitrogens with zero attached hydrogens (tertiary/aromatic N) is 1. The van der Waals surface area contributed by atoms with Crippen molar-refractivity contribution in [2.75, 3.05) is 18.9 Å². The summed E-state index contributed by atoms with van der Waals surface area (Å²) in [5, 5.41) is 2.86. The molecule has 0 atom stereocenters. The van der Waals surface area contributed by atoms with Gasteiger partial charge in [0.05, 0.1) is 0 Å². The zero-order valence-corrected chi connectivity index (χ0v) is 11.0. The quantitative estimate of drug-likeness (QED) is 0.830. The number of unbranched alkanes of at least 4 members (excludes halogenated alkanes) is 1. The monoisotopic (exact) mass is 234 g/mol. The van der Waals surface area contributed by atoms with Crippen LogP contribution in [0.25, 0.3) is 0 Å². The number of amides is 2. The van der Waals surface area contributed by atoms with Gasteiger partial charge in [0, 0.05) is 19.3 Å². The summed E-state index contributed by atoms with van der Waals surface area (Å²) in [6.07, 6.45) is 3.53. The van der Waals surface area contributed by atoms with Gasteiger partial charge in [0.15, 0.2) is 0 Å². The Morgan fingerprint density at radius 2 is 1.88 bits per heavy atom. The highest BCUT2D eigenvalue weighted by molar-refractivity contribution is 5.89. The highest BCUT2D eigenvalue weighted by atomic mass is 16.2. The maximum atomic E-state index is 11.6. The van der Waals surface area contributed by atoms with Crippen molar-refractivity contribution in [1.82, 2.24) is 4.90 Å². The van der Waals surface area contributed by atoms with Gasteiger partial charge in [-0.1, -0.05) is 25.5 Å². The zero-order chi connectivity index (χ0) is 12.7. The summed E-state index contributed by atoms with van der Waals surface area (Å²) in [4.78, 5) is 13.3. The molecule has 0 aliphatic carbocycles. The van der Waals surface area contributed by atoms with Crippen LogP contribution in [-0.4, -0.2) is 24.5 Å². The SMILES string of the molecule is CCCCc1ccc(NC(=O)N(C)CC)cc1. The maximum Gasteiger partial charge on any atom is 0.321 e. The largest absolute Gasteiger partial charge is 0.328 e. The number of carbonyl (C=O) groups excluding carboxylic acids is 1. The Labute approximate surface area is 104 Å². The fourth-order valence-corrected chi connectivity index (χ4v) is 1.50. The van der Waals surface area contributed by atoms with E-state index >= 15 is 0 Å². The van der Waals surface area contributed by atoms with E-state index in [2.05, 4.69) is 24.4 Å². The number of rotatable bonds is 5. The molecule has 0 radical (unpaired) electrons. The van der Waals surface area contributed by atoms with E-state index in [0.717, 1.165) is 12.1 Å². The molecule has 0 saturated carbocycles. The van der Waals surface area contributed by atoms with Crippen LogP contribution in [0.2, 0.25) is 0 Å². The number of hydrogen-bond acceptors (Lipinski definition) is 1. The van der Waals surface area contributed by atoms with Crippen LogP contribution in [0.3, 0.4) is 0 Å². The molecule has 1 rings (SSSR count). The van der Waals surface area contributed by atoms with E-state index < -0.39 is 0 Å². The highest BCUT2D eigenvalue weighted by Gasteiger charge is 2.05. The van der Waals surface area contributed by atoms with Gasteiger partial charge < -0.3 is 10.2 Å². The van der Waals surface area contributed by atoms with Gasteiger partial charge in [0.2, 0.25) is 0 Å². The minimum absolute atomic E-state index is 0.0613. The molecule has 0 spiro atoms. The summed E-state index contributed by atoms with van der Waals surface area (Å²) in [6, 6.07) is 8.03. The number of urea groups is 1. The molecule has 0 unspecified atom stereocenters. The van der Waals surface area contributed by atoms with Gasteiger partial charge in [-0.15, -0.1) is 0 Å². The fourth-order valence-electron chi connectivity index (χ4n) is 1.50. The van der Waals surface area contributed by atoms with Crippen LogP contribution < -0.4 is 5.32 Å². The van der Waals surface area contributed by atoms with Gasteiger partial charge in [-0.2, -0.15) is 0 Å². The van der Waals surface area contributed by atoms with Crippen LogP contribution >= 0.6 is 0 Å². The van der Waals surface area contributed by atoms with E-state index in [0.29, 0.717) is 6.54 Å². The molecule has 3 nitrogen and oxygen atoms in total. The maximum absolute atomic E-state index is 11.6. The smallest absolute Gasteiger partial charge is 0.321 e. The summed E-state index contributed by atoms with van der Waals surface area (Å²) in [5.74, 6) is 0. The van der Waals surface area contributed by atoms with E-state index in [-0.39, 0.29) is 6.03 Å². The van der Waals surface area contributed by atoms with Crippen LogP contribution in [0, 0.1) is 0 Å². The van der Waals surface area contributed by atoms with E-state index in [1.54, 1.807) is 11.9 Å². The number of aryl methyl sites for hydroxylation is 1. The molecule has 17 heavy (non-hydrogen) atoms. The van der Waals surface area contributed by atoms with Crippen molar-refractivity contribution < 1.29 is 4.79 Å². The zero-order valence-electron chi connectivity index (χ0n) is 11.0. The van der Waals surface area contributed by atoms with Gasteiger partial charge in [-0.25, -0.2) is 4.79 Å². The van der Waals surface area contributed by atoms with E-state index in [1.165, 1.54) is 18.4 Å². The van der Waals surface area contributed by atoms with Crippen molar-refractivity contribution >= 4 is 11.7 Å². The molecule has 0 aromatic heterocycles. The summed E-state index contributed by atoms with van der Waals surface area (Å²) >= 11 is 0. The molecular weight excluding hydrogens is 212 g/mol. The standard InChI is InChI=1S/C14H22N2O/c1-4-6-7-12-8-10-13(11-9-12)15-14(17)16(3)5-2/h8-11H,4-7H2,1-3H3,(H,15,17). The first-order chi connectivity index (χ1) is 8.17. The molecule has 1 N–H and O–H groups in total. The minimum atomic E-state index is -0.0613. The van der Waals surface area contributed by atoms with E-state index in [4.69, 9.17) is 0 Å². The average Bonchev–Trinajstić information content (AvgIpc) is 2.37. The second-order valence-electron chi connectivity index (χ2n) is 4.24. The van der Waals surface area contributed by atoms with Crippen molar-refractivity contribution in [3.8, 4) is 0 Å². The van der Waals surface area contributed by atoms with Gasteiger partial charge >= 0.3 is 6.03 Å². The van der Waals surface area contributed by atoms with E-state index in [1.807, 2.05) is 19.1 Å². The molecule has 0 saturated heterocycles. The molecule has 0 fully saturated rings. The first-order valence-corrected chi connectivity index (χ1v) is 6.28. The first kappa shape index (κ1) is 13.6. The van der Waals surface area contributed by atoms with Gasteiger partial charge in [0.25, 0.3) is 0 Å². The lowest BCUT2D eigenvalue weighted by Gasteiger charge is -2.15. The van der Waals surface area contributed by atoms with Crippen LogP contribution in [-0.2, 0) is 6.42 Å². The molecule has 2 amide bonds. The Balaban J connectivity index is 2.53. The number of nitrogens with one attached hydrogen (secondary N) is 1. The summed E-state index contributed by atoms with van der Waals surface area (Å²) < 4.78 is 0. The first-order valence-electron chi connectivity index (χ1n) is 6.28. The Kier molecular flexibility index (Phi) is 5.53. The second kappa shape index (κ2) is 6.94. The lowest BCUT2D eigenvalue weighted by molar-refractivity contribution is 0.224. The third kappa shape index (κ3) is 4.47. The summed E-state index contributed by atoms with van der Waals surface area (Å²) in [5.41, 5.74) is 2.18. The lowest BCUT2D eigenvalue weighted by Crippen LogP contribution is -2.30. The number of carbonyl (C=O) groups is 1. The Bertz CT molecular complexity index is 346. The topological polar surface area (TPSA) is 32.3 Å².